The number of aromatic nitrogens is 3. The number of halogens is 7. The number of thiophene rings is 1. The average Bonchev–Trinajstić information content (AvgIpc) is 3.78. The van der Waals surface area contributed by atoms with Crippen molar-refractivity contribution >= 4 is 49.0 Å². The Morgan fingerprint density at radius 3 is 2.62 bits per heavy atom. The first-order valence-electron chi connectivity index (χ1n) is 16.0. The SMILES string of the molecule is C[C@@H](Nc1nc(OCC23CCCN2CC(=C(F)F)C3)nc2c(F)c(-c3ccc(F)c4sc(N)c(C#N)c34)c(C(F)(F)F)c(ON)c12)c1cccnc1N. The Morgan fingerprint density at radius 1 is 1.17 bits per heavy atom. The third kappa shape index (κ3) is 5.96. The van der Waals surface area contributed by atoms with Gasteiger partial charge in [-0.2, -0.15) is 43.1 Å². The molecule has 2 saturated heterocycles. The number of rotatable bonds is 8. The molecule has 0 aliphatic carbocycles. The molecule has 11 nitrogen and oxygen atoms in total. The molecule has 53 heavy (non-hydrogen) atoms. The Labute approximate surface area is 299 Å². The minimum absolute atomic E-state index is 0.00445. The zero-order valence-corrected chi connectivity index (χ0v) is 28.4. The summed E-state index contributed by atoms with van der Waals surface area (Å²) in [6, 6.07) is 5.31. The van der Waals surface area contributed by atoms with Crippen LogP contribution in [-0.2, 0) is 6.18 Å². The predicted octanol–water partition coefficient (Wildman–Crippen LogP) is 7.43. The normalized spacial score (nSPS) is 18.0. The number of hydrogen-bond acceptors (Lipinski definition) is 12. The van der Waals surface area contributed by atoms with E-state index in [1.807, 2.05) is 4.90 Å². The van der Waals surface area contributed by atoms with Gasteiger partial charge in [0, 0.05) is 34.8 Å². The van der Waals surface area contributed by atoms with Crippen LogP contribution in [0.15, 0.2) is 42.1 Å². The van der Waals surface area contributed by atoms with Crippen LogP contribution in [0.1, 0.15) is 48.9 Å². The van der Waals surface area contributed by atoms with Gasteiger partial charge in [-0.05, 0) is 50.4 Å². The van der Waals surface area contributed by atoms with Crippen LogP contribution in [0.3, 0.4) is 0 Å². The molecule has 0 saturated carbocycles. The predicted molar refractivity (Wildman–Crippen MR) is 183 cm³/mol. The van der Waals surface area contributed by atoms with Crippen LogP contribution in [-0.4, -0.2) is 45.1 Å². The van der Waals surface area contributed by atoms with Crippen LogP contribution in [0, 0.1) is 23.0 Å². The van der Waals surface area contributed by atoms with E-state index in [-0.39, 0.29) is 51.6 Å². The number of pyridine rings is 1. The smallest absolute Gasteiger partial charge is 0.420 e. The first kappa shape index (κ1) is 35.9. The highest BCUT2D eigenvalue weighted by atomic mass is 32.1. The molecule has 2 aliphatic rings. The summed E-state index contributed by atoms with van der Waals surface area (Å²) in [6.07, 6.45) is -4.55. The number of anilines is 3. The summed E-state index contributed by atoms with van der Waals surface area (Å²) in [5.74, 6) is 1.64. The molecule has 276 valence electrons. The van der Waals surface area contributed by atoms with Gasteiger partial charge in [-0.25, -0.2) is 13.8 Å². The number of alkyl halides is 3. The van der Waals surface area contributed by atoms with Gasteiger partial charge >= 0.3 is 12.2 Å². The van der Waals surface area contributed by atoms with Crippen molar-refractivity contribution in [1.82, 2.24) is 19.9 Å². The van der Waals surface area contributed by atoms with Crippen molar-refractivity contribution in [3.05, 3.63) is 70.4 Å². The second kappa shape index (κ2) is 13.2. The Balaban J connectivity index is 1.49. The molecule has 2 aromatic carbocycles. The highest BCUT2D eigenvalue weighted by Gasteiger charge is 2.49. The Kier molecular flexibility index (Phi) is 8.95. The van der Waals surface area contributed by atoms with Crippen molar-refractivity contribution in [3.8, 4) is 29.0 Å². The Bertz CT molecular complexity index is 2380. The molecular formula is C34H28F7N9O2S. The summed E-state index contributed by atoms with van der Waals surface area (Å²) in [5.41, 5.74) is 6.97. The fraction of sp³-hybridized carbons (Fsp3) is 0.294. The topological polar surface area (TPSA) is 174 Å². The number of nitrogens with one attached hydrogen (secondary N) is 1. The highest BCUT2D eigenvalue weighted by molar-refractivity contribution is 7.23. The van der Waals surface area contributed by atoms with E-state index >= 15 is 17.6 Å². The van der Waals surface area contributed by atoms with Gasteiger partial charge in [0.1, 0.15) is 46.2 Å². The first-order valence-corrected chi connectivity index (χ1v) is 16.8. The van der Waals surface area contributed by atoms with Crippen molar-refractivity contribution in [1.29, 1.82) is 5.26 Å². The summed E-state index contributed by atoms with van der Waals surface area (Å²) in [7, 11) is 0. The summed E-state index contributed by atoms with van der Waals surface area (Å²) in [5, 5.41) is 11.6. The Morgan fingerprint density at radius 2 is 1.94 bits per heavy atom. The molecular weight excluding hydrogens is 731 g/mol. The molecule has 2 aliphatic heterocycles. The molecule has 0 radical (unpaired) electrons. The quantitative estimate of drug-likeness (QED) is 0.0915. The molecule has 7 rings (SSSR count). The van der Waals surface area contributed by atoms with E-state index in [4.69, 9.17) is 26.9 Å². The highest BCUT2D eigenvalue weighted by Crippen LogP contribution is 2.52. The number of fused-ring (bicyclic) bond motifs is 3. The van der Waals surface area contributed by atoms with Gasteiger partial charge in [0.15, 0.2) is 11.6 Å². The van der Waals surface area contributed by atoms with Gasteiger partial charge < -0.3 is 26.4 Å². The van der Waals surface area contributed by atoms with E-state index in [0.717, 1.165) is 12.1 Å². The van der Waals surface area contributed by atoms with E-state index in [1.165, 1.54) is 6.20 Å². The molecule has 0 bridgehead atoms. The molecule has 2 atom stereocenters. The maximum absolute atomic E-state index is 17.2. The van der Waals surface area contributed by atoms with Crippen LogP contribution in [0.4, 0.5) is 47.4 Å². The van der Waals surface area contributed by atoms with Crippen LogP contribution >= 0.6 is 11.3 Å². The third-order valence-electron chi connectivity index (χ3n) is 9.71. The fourth-order valence-corrected chi connectivity index (χ4v) is 8.29. The monoisotopic (exact) mass is 759 g/mol. The van der Waals surface area contributed by atoms with Crippen molar-refractivity contribution in [2.75, 3.05) is 36.5 Å². The molecule has 19 heteroatoms. The van der Waals surface area contributed by atoms with Gasteiger partial charge in [-0.3, -0.25) is 4.90 Å². The summed E-state index contributed by atoms with van der Waals surface area (Å²) >= 11 is 0.605. The van der Waals surface area contributed by atoms with E-state index in [0.29, 0.717) is 36.3 Å². The lowest BCUT2D eigenvalue weighted by atomic mass is 9.91. The van der Waals surface area contributed by atoms with Crippen LogP contribution in [0.2, 0.25) is 0 Å². The zero-order chi connectivity index (χ0) is 38.0. The van der Waals surface area contributed by atoms with Crippen molar-refractivity contribution in [3.63, 3.8) is 0 Å². The average molecular weight is 760 g/mol. The van der Waals surface area contributed by atoms with Gasteiger partial charge in [0.2, 0.25) is 0 Å². The number of benzene rings is 2. The Hall–Kier alpha value is -5.45. The van der Waals surface area contributed by atoms with E-state index in [9.17, 15) is 18.4 Å². The third-order valence-corrected chi connectivity index (χ3v) is 10.7. The van der Waals surface area contributed by atoms with Crippen LogP contribution in [0.5, 0.6) is 11.8 Å². The summed E-state index contributed by atoms with van der Waals surface area (Å²) < 4.78 is 111. The van der Waals surface area contributed by atoms with E-state index in [1.54, 1.807) is 25.1 Å². The largest absolute Gasteiger partial charge is 0.461 e. The van der Waals surface area contributed by atoms with Crippen LogP contribution < -0.4 is 32.3 Å². The number of nitriles is 1. The summed E-state index contributed by atoms with van der Waals surface area (Å²) in [4.78, 5) is 19.3. The minimum atomic E-state index is -5.37. The van der Waals surface area contributed by atoms with Gasteiger partial charge in [0.05, 0.1) is 27.2 Å². The molecule has 0 spiro atoms. The molecule has 0 amide bonds. The fourth-order valence-electron chi connectivity index (χ4n) is 7.34. The molecule has 7 N–H and O–H groups in total. The maximum Gasteiger partial charge on any atom is 0.420 e. The maximum atomic E-state index is 17.2. The number of nitrogens with two attached hydrogens (primary N) is 3. The number of ether oxygens (including phenoxy) is 1. The number of hydrogen-bond donors (Lipinski definition) is 4. The number of nitrogens with zero attached hydrogens (tertiary/aromatic N) is 5. The first-order chi connectivity index (χ1) is 25.2. The van der Waals surface area contributed by atoms with Crippen molar-refractivity contribution < 1.29 is 40.3 Å². The minimum Gasteiger partial charge on any atom is -0.461 e. The van der Waals surface area contributed by atoms with Crippen molar-refractivity contribution in [2.45, 2.75) is 43.9 Å². The van der Waals surface area contributed by atoms with Crippen molar-refractivity contribution in [2.24, 2.45) is 5.90 Å². The van der Waals surface area contributed by atoms with Crippen LogP contribution in [0.25, 0.3) is 32.1 Å². The molecule has 5 aromatic rings. The van der Waals surface area contributed by atoms with E-state index in [2.05, 4.69) is 20.3 Å². The second-order valence-corrected chi connectivity index (χ2v) is 13.8. The lowest BCUT2D eigenvalue weighted by Gasteiger charge is -2.31. The van der Waals surface area contributed by atoms with Gasteiger partial charge in [-0.15, -0.1) is 11.3 Å². The van der Waals surface area contributed by atoms with Gasteiger partial charge in [0.25, 0.3) is 6.08 Å². The van der Waals surface area contributed by atoms with E-state index < -0.39 is 80.6 Å². The lowest BCUT2D eigenvalue weighted by Crippen LogP contribution is -2.43. The van der Waals surface area contributed by atoms with Gasteiger partial charge in [-0.1, -0.05) is 12.1 Å². The molecule has 3 aromatic heterocycles. The number of nitrogen functional groups attached to an aromatic ring is 2. The molecule has 5 heterocycles. The summed E-state index contributed by atoms with van der Waals surface area (Å²) in [6.45, 7) is 1.93. The second-order valence-electron chi connectivity index (χ2n) is 12.8. The molecule has 2 fully saturated rings. The standard InChI is InChI=1S/C34H28F7N9O2S/c1-14(16-4-2-8-46-29(16)43)47-31-22-25(48-32(49-31)51-13-33-7-3-9-50(33)12-15(10-33)28(37)38)24(36)21(23(26(22)52-45)34(39,40)41)17-5-6-19(35)27-20(17)18(11-42)30(44)53-27/h2,4-6,8,14H,3,7,9-10,12-13,44-45H2,1H3,(H2,43,46)(H,47,48,49)/t14-,33?/m1/s1. The molecule has 1 unspecified atom stereocenters. The lowest BCUT2D eigenvalue weighted by molar-refractivity contribution is -0.138. The zero-order valence-electron chi connectivity index (χ0n) is 27.5.